The zero-order valence-electron chi connectivity index (χ0n) is 13.8. The molecule has 1 aromatic heterocycles. The predicted molar refractivity (Wildman–Crippen MR) is 88.0 cm³/mol. The second-order valence-corrected chi connectivity index (χ2v) is 10.2. The minimum Gasteiger partial charge on any atom is -0.593 e. The van der Waals surface area contributed by atoms with Gasteiger partial charge in [0, 0.05) is 24.6 Å². The molecular formula is C14H21N3O6S2. The summed E-state index contributed by atoms with van der Waals surface area (Å²) in [6, 6.07) is 2.02. The van der Waals surface area contributed by atoms with Gasteiger partial charge in [-0.2, -0.15) is 0 Å². The van der Waals surface area contributed by atoms with Crippen LogP contribution in [0.25, 0.3) is 0 Å². The molecule has 0 radical (unpaired) electrons. The molecular weight excluding hydrogens is 370 g/mol. The lowest BCUT2D eigenvalue weighted by atomic mass is 10.0. The summed E-state index contributed by atoms with van der Waals surface area (Å²) in [6.45, 7) is 1.13. The SMILES string of the molecule is CC(=O)NCCS(=O)(=O)c1ccc(S(=O)(=O)C2CCCCC2)[n+]([O-])n1. The topological polar surface area (TPSA) is 137 Å². The number of nitrogens with zero attached hydrogens (tertiary/aromatic N) is 2. The van der Waals surface area contributed by atoms with E-state index in [1.807, 2.05) is 0 Å². The van der Waals surface area contributed by atoms with Gasteiger partial charge in [0.25, 0.3) is 0 Å². The number of hydrogen-bond acceptors (Lipinski definition) is 7. The highest BCUT2D eigenvalue weighted by Gasteiger charge is 2.36. The van der Waals surface area contributed by atoms with Gasteiger partial charge in [0.05, 0.1) is 11.0 Å². The van der Waals surface area contributed by atoms with Gasteiger partial charge in [-0.3, -0.25) is 4.79 Å². The van der Waals surface area contributed by atoms with Crippen molar-refractivity contribution < 1.29 is 26.5 Å². The Hall–Kier alpha value is -1.75. The van der Waals surface area contributed by atoms with Gasteiger partial charge >= 0.3 is 5.03 Å². The molecule has 1 heterocycles. The summed E-state index contributed by atoms with van der Waals surface area (Å²) in [5.41, 5.74) is 0. The fourth-order valence-corrected chi connectivity index (χ4v) is 5.63. The van der Waals surface area contributed by atoms with E-state index < -0.39 is 40.7 Å². The van der Waals surface area contributed by atoms with Crippen LogP contribution in [0.3, 0.4) is 0 Å². The number of nitrogens with one attached hydrogen (secondary N) is 1. The Kier molecular flexibility index (Phi) is 5.99. The average Bonchev–Trinajstić information content (AvgIpc) is 2.54. The van der Waals surface area contributed by atoms with Crippen molar-refractivity contribution in [3.8, 4) is 0 Å². The normalized spacial score (nSPS) is 16.5. The Morgan fingerprint density at radius 1 is 1.24 bits per heavy atom. The molecule has 9 nitrogen and oxygen atoms in total. The highest BCUT2D eigenvalue weighted by atomic mass is 32.2. The smallest absolute Gasteiger partial charge is 0.335 e. The zero-order chi connectivity index (χ0) is 18.7. The van der Waals surface area contributed by atoms with Gasteiger partial charge in [-0.15, -0.1) is 0 Å². The van der Waals surface area contributed by atoms with Gasteiger partial charge in [-0.1, -0.05) is 19.3 Å². The van der Waals surface area contributed by atoms with E-state index >= 15 is 0 Å². The van der Waals surface area contributed by atoms with Crippen molar-refractivity contribution in [3.05, 3.63) is 17.3 Å². The molecule has 1 amide bonds. The molecule has 11 heteroatoms. The molecule has 1 aliphatic rings. The summed E-state index contributed by atoms with van der Waals surface area (Å²) in [7, 11) is -7.75. The van der Waals surface area contributed by atoms with Gasteiger partial charge in [-0.05, 0) is 23.8 Å². The molecule has 1 saturated carbocycles. The van der Waals surface area contributed by atoms with Crippen LogP contribution in [0.5, 0.6) is 0 Å². The molecule has 25 heavy (non-hydrogen) atoms. The fraction of sp³-hybridized carbons (Fsp3) is 0.643. The van der Waals surface area contributed by atoms with Gasteiger partial charge < -0.3 is 10.5 Å². The summed E-state index contributed by atoms with van der Waals surface area (Å²) < 4.78 is 49.3. The van der Waals surface area contributed by atoms with E-state index in [1.165, 1.54) is 6.92 Å². The van der Waals surface area contributed by atoms with Crippen LogP contribution in [0.2, 0.25) is 0 Å². The van der Waals surface area contributed by atoms with Crippen molar-refractivity contribution in [2.45, 2.75) is 54.3 Å². The summed E-state index contributed by atoms with van der Waals surface area (Å²) in [6.07, 6.45) is 3.50. The lowest BCUT2D eigenvalue weighted by molar-refractivity contribution is -0.711. The lowest BCUT2D eigenvalue weighted by Crippen LogP contribution is -2.42. The summed E-state index contributed by atoms with van der Waals surface area (Å²) in [5, 5.41) is 16.1. The quantitative estimate of drug-likeness (QED) is 0.520. The van der Waals surface area contributed by atoms with Crippen molar-refractivity contribution in [3.63, 3.8) is 0 Å². The number of carbonyl (C=O) groups is 1. The Morgan fingerprint density at radius 2 is 1.88 bits per heavy atom. The molecule has 2 rings (SSSR count). The molecule has 0 aliphatic heterocycles. The monoisotopic (exact) mass is 391 g/mol. The standard InChI is InChI=1S/C14H21N3O6S2/c1-11(18)15-9-10-24(20,21)13-7-8-14(17(19)16-13)25(22,23)12-5-3-2-4-6-12/h7-8,12H,2-6,9-10H2,1H3,(H,15,18). The second-order valence-electron chi connectivity index (χ2n) is 5.99. The third-order valence-corrected chi connectivity index (χ3v) is 7.91. The van der Waals surface area contributed by atoms with Crippen LogP contribution < -0.4 is 10.2 Å². The molecule has 0 aromatic carbocycles. The number of rotatable bonds is 6. The third kappa shape index (κ3) is 4.66. The number of amides is 1. The van der Waals surface area contributed by atoms with Crippen LogP contribution in [-0.2, 0) is 24.5 Å². The van der Waals surface area contributed by atoms with Gasteiger partial charge in [0.2, 0.25) is 30.6 Å². The number of sulfone groups is 2. The summed E-state index contributed by atoms with van der Waals surface area (Å²) in [4.78, 5) is 10.7. The lowest BCUT2D eigenvalue weighted by Gasteiger charge is -2.20. The van der Waals surface area contributed by atoms with Crippen LogP contribution in [-0.4, -0.2) is 45.4 Å². The van der Waals surface area contributed by atoms with Crippen LogP contribution in [0.15, 0.2) is 22.2 Å². The van der Waals surface area contributed by atoms with Crippen LogP contribution in [0.4, 0.5) is 0 Å². The van der Waals surface area contributed by atoms with Crippen LogP contribution in [0.1, 0.15) is 39.0 Å². The van der Waals surface area contributed by atoms with Gasteiger partial charge in [-0.25, -0.2) is 16.8 Å². The Balaban J connectivity index is 2.24. The first kappa shape index (κ1) is 19.6. The minimum atomic E-state index is -3.91. The van der Waals surface area contributed by atoms with Crippen LogP contribution in [0, 0.1) is 5.21 Å². The largest absolute Gasteiger partial charge is 0.593 e. The van der Waals surface area contributed by atoms with E-state index in [2.05, 4.69) is 10.4 Å². The second kappa shape index (κ2) is 7.65. The maximum Gasteiger partial charge on any atom is 0.335 e. The molecule has 1 N–H and O–H groups in total. The molecule has 1 fully saturated rings. The average molecular weight is 391 g/mol. The van der Waals surface area contributed by atoms with E-state index in [1.54, 1.807) is 0 Å². The molecule has 0 atom stereocenters. The number of aromatic nitrogens is 2. The maximum absolute atomic E-state index is 12.6. The zero-order valence-corrected chi connectivity index (χ0v) is 15.5. The minimum absolute atomic E-state index is 0.125. The van der Waals surface area contributed by atoms with Gasteiger partial charge in [0.1, 0.15) is 0 Å². The van der Waals surface area contributed by atoms with E-state index in [9.17, 15) is 26.8 Å². The van der Waals surface area contributed by atoms with E-state index in [-0.39, 0.29) is 17.3 Å². The van der Waals surface area contributed by atoms with E-state index in [4.69, 9.17) is 0 Å². The molecule has 1 aliphatic carbocycles. The molecule has 140 valence electrons. The molecule has 0 unspecified atom stereocenters. The highest BCUT2D eigenvalue weighted by Crippen LogP contribution is 2.27. The first-order valence-electron chi connectivity index (χ1n) is 7.96. The molecule has 0 spiro atoms. The summed E-state index contributed by atoms with van der Waals surface area (Å²) >= 11 is 0. The summed E-state index contributed by atoms with van der Waals surface area (Å²) in [5.74, 6) is -0.815. The highest BCUT2D eigenvalue weighted by molar-refractivity contribution is 7.92. The Morgan fingerprint density at radius 3 is 2.44 bits per heavy atom. The van der Waals surface area contributed by atoms with Crippen molar-refractivity contribution in [1.82, 2.24) is 10.4 Å². The number of carbonyl (C=O) groups excluding carboxylic acids is 1. The van der Waals surface area contributed by atoms with Crippen molar-refractivity contribution in [1.29, 1.82) is 0 Å². The predicted octanol–water partition coefficient (Wildman–Crippen LogP) is -0.269. The Labute approximate surface area is 146 Å². The number of hydrogen-bond donors (Lipinski definition) is 1. The molecule has 0 bridgehead atoms. The first-order chi connectivity index (χ1) is 11.6. The van der Waals surface area contributed by atoms with E-state index in [0.29, 0.717) is 12.8 Å². The third-order valence-electron chi connectivity index (χ3n) is 4.09. The maximum atomic E-state index is 12.6. The molecule has 1 aromatic rings. The van der Waals surface area contributed by atoms with Crippen molar-refractivity contribution in [2.24, 2.45) is 0 Å². The first-order valence-corrected chi connectivity index (χ1v) is 11.2. The fourth-order valence-electron chi connectivity index (χ4n) is 2.76. The molecule has 0 saturated heterocycles. The van der Waals surface area contributed by atoms with E-state index in [0.717, 1.165) is 31.4 Å². The Bertz CT molecular complexity index is 845. The van der Waals surface area contributed by atoms with Crippen molar-refractivity contribution >= 4 is 25.6 Å². The van der Waals surface area contributed by atoms with Crippen molar-refractivity contribution in [2.75, 3.05) is 12.3 Å². The van der Waals surface area contributed by atoms with Crippen LogP contribution >= 0.6 is 0 Å². The van der Waals surface area contributed by atoms with Gasteiger partial charge in [0.15, 0.2) is 0 Å².